The van der Waals surface area contributed by atoms with Gasteiger partial charge in [-0.05, 0) is 47.9 Å². The SMILES string of the molecule is CC(C(=O)O)c1cccc(-c2nc(NCc3ccccn3)c3c(-c4ccccc4)cccc3n2)c1. The molecule has 5 aromatic rings. The maximum Gasteiger partial charge on any atom is 0.310 e. The monoisotopic (exact) mass is 460 g/mol. The Morgan fingerprint density at radius 1 is 0.886 bits per heavy atom. The van der Waals surface area contributed by atoms with Crippen molar-refractivity contribution >= 4 is 22.7 Å². The number of nitrogens with zero attached hydrogens (tertiary/aromatic N) is 3. The lowest BCUT2D eigenvalue weighted by Gasteiger charge is -2.15. The van der Waals surface area contributed by atoms with Gasteiger partial charge in [-0.15, -0.1) is 0 Å². The van der Waals surface area contributed by atoms with Gasteiger partial charge in [0.05, 0.1) is 29.1 Å². The number of pyridine rings is 1. The van der Waals surface area contributed by atoms with Crippen LogP contribution in [0.2, 0.25) is 0 Å². The molecule has 0 aliphatic rings. The summed E-state index contributed by atoms with van der Waals surface area (Å²) in [4.78, 5) is 25.7. The number of carboxylic acids is 1. The van der Waals surface area contributed by atoms with E-state index in [1.165, 1.54) is 0 Å². The van der Waals surface area contributed by atoms with Crippen LogP contribution in [0, 0.1) is 0 Å². The highest BCUT2D eigenvalue weighted by Crippen LogP contribution is 2.34. The summed E-state index contributed by atoms with van der Waals surface area (Å²) in [6.07, 6.45) is 1.77. The van der Waals surface area contributed by atoms with Gasteiger partial charge in [0.1, 0.15) is 5.82 Å². The van der Waals surface area contributed by atoms with Crippen molar-refractivity contribution in [3.05, 3.63) is 108 Å². The largest absolute Gasteiger partial charge is 0.481 e. The van der Waals surface area contributed by atoms with Crippen LogP contribution in [-0.2, 0) is 11.3 Å². The molecule has 0 aliphatic carbocycles. The summed E-state index contributed by atoms with van der Waals surface area (Å²) >= 11 is 0. The second kappa shape index (κ2) is 9.73. The van der Waals surface area contributed by atoms with Crippen molar-refractivity contribution in [2.24, 2.45) is 0 Å². The first kappa shape index (κ1) is 22.2. The Bertz CT molecular complexity index is 1490. The molecule has 172 valence electrons. The minimum Gasteiger partial charge on any atom is -0.481 e. The molecular formula is C29H24N4O2. The molecule has 0 radical (unpaired) electrons. The van der Waals surface area contributed by atoms with E-state index in [0.29, 0.717) is 23.8 Å². The van der Waals surface area contributed by atoms with Gasteiger partial charge in [0.2, 0.25) is 0 Å². The van der Waals surface area contributed by atoms with Crippen LogP contribution in [-0.4, -0.2) is 26.0 Å². The number of carbonyl (C=O) groups is 1. The quantitative estimate of drug-likeness (QED) is 0.302. The summed E-state index contributed by atoms with van der Waals surface area (Å²) in [6, 6.07) is 29.4. The van der Waals surface area contributed by atoms with Gasteiger partial charge in [-0.25, -0.2) is 9.97 Å². The van der Waals surface area contributed by atoms with Gasteiger partial charge < -0.3 is 10.4 Å². The average molecular weight is 461 g/mol. The summed E-state index contributed by atoms with van der Waals surface area (Å²) in [5, 5.41) is 13.8. The number of hydrogen-bond donors (Lipinski definition) is 2. The fraction of sp³-hybridized carbons (Fsp3) is 0.103. The fourth-order valence-corrected chi connectivity index (χ4v) is 4.07. The van der Waals surface area contributed by atoms with Crippen LogP contribution < -0.4 is 5.32 Å². The van der Waals surface area contributed by atoms with Crippen LogP contribution in [0.4, 0.5) is 5.82 Å². The number of rotatable bonds is 7. The number of nitrogens with one attached hydrogen (secondary N) is 1. The Morgan fingerprint density at radius 2 is 1.66 bits per heavy atom. The molecule has 5 rings (SSSR count). The molecule has 2 N–H and O–H groups in total. The summed E-state index contributed by atoms with van der Waals surface area (Å²) < 4.78 is 0. The van der Waals surface area contributed by atoms with E-state index < -0.39 is 11.9 Å². The van der Waals surface area contributed by atoms with Gasteiger partial charge in [0.15, 0.2) is 5.82 Å². The van der Waals surface area contributed by atoms with E-state index in [1.54, 1.807) is 13.1 Å². The highest BCUT2D eigenvalue weighted by atomic mass is 16.4. The molecular weight excluding hydrogens is 436 g/mol. The Labute approximate surface area is 203 Å². The van der Waals surface area contributed by atoms with E-state index >= 15 is 0 Å². The molecule has 0 amide bonds. The average Bonchev–Trinajstić information content (AvgIpc) is 2.92. The number of benzene rings is 3. The first-order valence-electron chi connectivity index (χ1n) is 11.4. The fourth-order valence-electron chi connectivity index (χ4n) is 4.07. The van der Waals surface area contributed by atoms with Crippen molar-refractivity contribution < 1.29 is 9.90 Å². The second-order valence-corrected chi connectivity index (χ2v) is 8.32. The van der Waals surface area contributed by atoms with Gasteiger partial charge >= 0.3 is 5.97 Å². The van der Waals surface area contributed by atoms with Crippen LogP contribution in [0.5, 0.6) is 0 Å². The van der Waals surface area contributed by atoms with E-state index in [4.69, 9.17) is 9.97 Å². The predicted molar refractivity (Wildman–Crippen MR) is 138 cm³/mol. The Kier molecular flexibility index (Phi) is 6.18. The number of fused-ring (bicyclic) bond motifs is 1. The maximum absolute atomic E-state index is 11.5. The molecule has 1 atom stereocenters. The van der Waals surface area contributed by atoms with Crippen molar-refractivity contribution in [3.8, 4) is 22.5 Å². The zero-order chi connectivity index (χ0) is 24.2. The number of aromatic nitrogens is 3. The van der Waals surface area contributed by atoms with Crippen molar-refractivity contribution in [2.45, 2.75) is 19.4 Å². The third-order valence-electron chi connectivity index (χ3n) is 5.99. The molecule has 2 aromatic heterocycles. The van der Waals surface area contributed by atoms with E-state index in [1.807, 2.05) is 72.8 Å². The van der Waals surface area contributed by atoms with Crippen LogP contribution in [0.1, 0.15) is 24.1 Å². The van der Waals surface area contributed by atoms with Crippen molar-refractivity contribution in [2.75, 3.05) is 5.32 Å². The third kappa shape index (κ3) is 4.73. The Balaban J connectivity index is 1.66. The number of anilines is 1. The first-order chi connectivity index (χ1) is 17.1. The van der Waals surface area contributed by atoms with Gasteiger partial charge in [-0.2, -0.15) is 0 Å². The maximum atomic E-state index is 11.5. The molecule has 35 heavy (non-hydrogen) atoms. The Hall–Kier alpha value is -4.58. The zero-order valence-corrected chi connectivity index (χ0v) is 19.2. The second-order valence-electron chi connectivity index (χ2n) is 8.32. The van der Waals surface area contributed by atoms with E-state index in [2.05, 4.69) is 28.5 Å². The van der Waals surface area contributed by atoms with Crippen LogP contribution in [0.15, 0.2) is 97.2 Å². The molecule has 6 heteroatoms. The number of hydrogen-bond acceptors (Lipinski definition) is 5. The highest BCUT2D eigenvalue weighted by Gasteiger charge is 2.17. The van der Waals surface area contributed by atoms with Gasteiger partial charge in [0, 0.05) is 11.8 Å². The topological polar surface area (TPSA) is 88.0 Å². The summed E-state index contributed by atoms with van der Waals surface area (Å²) in [6.45, 7) is 2.18. The lowest BCUT2D eigenvalue weighted by Crippen LogP contribution is -2.08. The standard InChI is InChI=1S/C29H24N4O2/c1-19(29(34)35)21-11-7-12-22(17-21)27-32-25-15-8-14-24(20-9-3-2-4-10-20)26(25)28(33-27)31-18-23-13-5-6-16-30-23/h2-17,19H,18H2,1H3,(H,34,35)(H,31,32,33). The van der Waals surface area contributed by atoms with Gasteiger partial charge in [-0.3, -0.25) is 9.78 Å². The van der Waals surface area contributed by atoms with Gasteiger partial charge in [0.25, 0.3) is 0 Å². The summed E-state index contributed by atoms with van der Waals surface area (Å²) in [7, 11) is 0. The summed E-state index contributed by atoms with van der Waals surface area (Å²) in [5.74, 6) is -0.258. The summed E-state index contributed by atoms with van der Waals surface area (Å²) in [5.41, 5.74) is 5.29. The molecule has 0 aliphatic heterocycles. The first-order valence-corrected chi connectivity index (χ1v) is 11.4. The van der Waals surface area contributed by atoms with Crippen LogP contribution >= 0.6 is 0 Å². The van der Waals surface area contributed by atoms with E-state index in [-0.39, 0.29) is 0 Å². The lowest BCUT2D eigenvalue weighted by molar-refractivity contribution is -0.138. The molecule has 2 heterocycles. The molecule has 3 aromatic carbocycles. The molecule has 0 spiro atoms. The number of aliphatic carboxylic acids is 1. The van der Waals surface area contributed by atoms with E-state index in [0.717, 1.165) is 33.3 Å². The number of carboxylic acid groups (broad SMARTS) is 1. The van der Waals surface area contributed by atoms with Crippen molar-refractivity contribution in [3.63, 3.8) is 0 Å². The van der Waals surface area contributed by atoms with Crippen molar-refractivity contribution in [1.82, 2.24) is 15.0 Å². The van der Waals surface area contributed by atoms with Crippen LogP contribution in [0.25, 0.3) is 33.4 Å². The zero-order valence-electron chi connectivity index (χ0n) is 19.2. The molecule has 1 unspecified atom stereocenters. The normalized spacial score (nSPS) is 11.8. The minimum atomic E-state index is -0.869. The molecule has 6 nitrogen and oxygen atoms in total. The third-order valence-corrected chi connectivity index (χ3v) is 5.99. The van der Waals surface area contributed by atoms with Gasteiger partial charge in [-0.1, -0.05) is 66.7 Å². The minimum absolute atomic E-state index is 0.506. The molecule has 0 fully saturated rings. The molecule has 0 bridgehead atoms. The van der Waals surface area contributed by atoms with Crippen molar-refractivity contribution in [1.29, 1.82) is 0 Å². The lowest BCUT2D eigenvalue weighted by atomic mass is 9.98. The predicted octanol–water partition coefficient (Wildman–Crippen LogP) is 6.16. The molecule has 0 saturated heterocycles. The van der Waals surface area contributed by atoms with E-state index in [9.17, 15) is 9.90 Å². The highest BCUT2D eigenvalue weighted by molar-refractivity contribution is 6.02. The van der Waals surface area contributed by atoms with Crippen LogP contribution in [0.3, 0.4) is 0 Å². The smallest absolute Gasteiger partial charge is 0.310 e. The molecule has 0 saturated carbocycles. The Morgan fingerprint density at radius 3 is 2.43 bits per heavy atom.